The molecule has 4 heteroatoms. The van der Waals surface area contributed by atoms with E-state index in [0.29, 0.717) is 11.1 Å². The number of benzene rings is 2. The van der Waals surface area contributed by atoms with Crippen molar-refractivity contribution in [2.24, 2.45) is 5.73 Å². The molecule has 0 fully saturated rings. The molecule has 1 atom stereocenters. The van der Waals surface area contributed by atoms with Crippen molar-refractivity contribution in [3.8, 4) is 0 Å². The molecular formula is C16H17FN2O. The smallest absolute Gasteiger partial charge is 0.245 e. The number of rotatable bonds is 3. The van der Waals surface area contributed by atoms with Gasteiger partial charge in [-0.25, -0.2) is 4.39 Å². The Morgan fingerprint density at radius 3 is 2.40 bits per heavy atom. The van der Waals surface area contributed by atoms with Crippen LogP contribution in [0.1, 0.15) is 22.7 Å². The number of hydrogen-bond donors (Lipinski definition) is 2. The van der Waals surface area contributed by atoms with Crippen molar-refractivity contribution in [2.45, 2.75) is 19.9 Å². The molecule has 0 aromatic heterocycles. The lowest BCUT2D eigenvalue weighted by atomic mass is 10.0. The van der Waals surface area contributed by atoms with E-state index in [1.807, 2.05) is 19.1 Å². The zero-order chi connectivity index (χ0) is 14.7. The van der Waals surface area contributed by atoms with Gasteiger partial charge in [-0.2, -0.15) is 0 Å². The van der Waals surface area contributed by atoms with Crippen LogP contribution in [0.3, 0.4) is 0 Å². The highest BCUT2D eigenvalue weighted by molar-refractivity contribution is 5.96. The highest BCUT2D eigenvalue weighted by atomic mass is 19.1. The first-order valence-electron chi connectivity index (χ1n) is 6.37. The maximum Gasteiger partial charge on any atom is 0.245 e. The Morgan fingerprint density at radius 1 is 1.15 bits per heavy atom. The van der Waals surface area contributed by atoms with Crippen molar-refractivity contribution >= 4 is 11.6 Å². The summed E-state index contributed by atoms with van der Waals surface area (Å²) in [7, 11) is 0. The van der Waals surface area contributed by atoms with Crippen LogP contribution in [0, 0.1) is 19.7 Å². The summed E-state index contributed by atoms with van der Waals surface area (Å²) in [5.41, 5.74) is 8.53. The molecule has 104 valence electrons. The number of para-hydroxylation sites is 1. The summed E-state index contributed by atoms with van der Waals surface area (Å²) in [6, 6.07) is 11.2. The third kappa shape index (κ3) is 3.03. The summed E-state index contributed by atoms with van der Waals surface area (Å²) in [5, 5.41) is 2.55. The van der Waals surface area contributed by atoms with Gasteiger partial charge in [0.25, 0.3) is 0 Å². The van der Waals surface area contributed by atoms with E-state index in [1.54, 1.807) is 31.2 Å². The minimum Gasteiger partial charge on any atom is -0.322 e. The van der Waals surface area contributed by atoms with Crippen molar-refractivity contribution < 1.29 is 9.18 Å². The van der Waals surface area contributed by atoms with Crippen LogP contribution >= 0.6 is 0 Å². The lowest BCUT2D eigenvalue weighted by Gasteiger charge is -2.14. The molecule has 0 aliphatic rings. The zero-order valence-electron chi connectivity index (χ0n) is 11.5. The van der Waals surface area contributed by atoms with E-state index >= 15 is 0 Å². The van der Waals surface area contributed by atoms with Gasteiger partial charge in [0, 0.05) is 0 Å². The Morgan fingerprint density at radius 2 is 1.80 bits per heavy atom. The average molecular weight is 272 g/mol. The molecule has 0 saturated heterocycles. The van der Waals surface area contributed by atoms with Gasteiger partial charge in [0.15, 0.2) is 0 Å². The Kier molecular flexibility index (Phi) is 4.15. The number of carbonyl (C=O) groups is 1. The number of carbonyl (C=O) groups excluding carboxylic acids is 1. The number of hydrogen-bond acceptors (Lipinski definition) is 2. The average Bonchev–Trinajstić information content (AvgIpc) is 2.43. The molecule has 0 spiro atoms. The largest absolute Gasteiger partial charge is 0.322 e. The van der Waals surface area contributed by atoms with Gasteiger partial charge in [-0.05, 0) is 31.0 Å². The Balaban J connectivity index is 2.18. The topological polar surface area (TPSA) is 55.1 Å². The van der Waals surface area contributed by atoms with Gasteiger partial charge in [-0.1, -0.05) is 42.0 Å². The van der Waals surface area contributed by atoms with Crippen molar-refractivity contribution in [1.29, 1.82) is 0 Å². The Hall–Kier alpha value is -2.20. The van der Waals surface area contributed by atoms with Crippen molar-refractivity contribution in [3.05, 3.63) is 65.0 Å². The number of nitrogens with two attached hydrogens (primary N) is 1. The van der Waals surface area contributed by atoms with Gasteiger partial charge in [-0.15, -0.1) is 0 Å². The molecule has 0 heterocycles. The Labute approximate surface area is 117 Å². The van der Waals surface area contributed by atoms with Crippen LogP contribution in [0.25, 0.3) is 0 Å². The molecule has 3 N–H and O–H groups in total. The summed E-state index contributed by atoms with van der Waals surface area (Å²) in [5.74, 6) is -0.892. The second-order valence-corrected chi connectivity index (χ2v) is 4.81. The fourth-order valence-electron chi connectivity index (χ4n) is 1.92. The molecule has 1 unspecified atom stereocenters. The van der Waals surface area contributed by atoms with Crippen LogP contribution in [0.15, 0.2) is 42.5 Å². The van der Waals surface area contributed by atoms with Gasteiger partial charge in [0.05, 0.1) is 5.69 Å². The predicted octanol–water partition coefficient (Wildman–Crippen LogP) is 3.08. The first kappa shape index (κ1) is 14.2. The van der Waals surface area contributed by atoms with Gasteiger partial charge in [0.2, 0.25) is 5.91 Å². The van der Waals surface area contributed by atoms with Crippen LogP contribution in [-0.2, 0) is 4.79 Å². The number of halogens is 1. The molecule has 0 aliphatic heterocycles. The predicted molar refractivity (Wildman–Crippen MR) is 77.9 cm³/mol. The number of aryl methyl sites for hydroxylation is 2. The van der Waals surface area contributed by atoms with Crippen LogP contribution in [0.2, 0.25) is 0 Å². The number of nitrogens with one attached hydrogen (secondary N) is 1. The fourth-order valence-corrected chi connectivity index (χ4v) is 1.92. The van der Waals surface area contributed by atoms with Crippen molar-refractivity contribution in [3.63, 3.8) is 0 Å². The molecule has 2 rings (SSSR count). The van der Waals surface area contributed by atoms with E-state index in [1.165, 1.54) is 6.07 Å². The Bertz CT molecular complexity index is 603. The van der Waals surface area contributed by atoms with Crippen LogP contribution in [-0.4, -0.2) is 5.91 Å². The molecule has 1 amide bonds. The van der Waals surface area contributed by atoms with Crippen LogP contribution in [0.5, 0.6) is 0 Å². The monoisotopic (exact) mass is 272 g/mol. The lowest BCUT2D eigenvalue weighted by Crippen LogP contribution is -2.28. The summed E-state index contributed by atoms with van der Waals surface area (Å²) in [6.07, 6.45) is 0. The van der Waals surface area contributed by atoms with E-state index in [9.17, 15) is 9.18 Å². The summed E-state index contributed by atoms with van der Waals surface area (Å²) in [4.78, 5) is 12.1. The van der Waals surface area contributed by atoms with Gasteiger partial charge in [-0.3, -0.25) is 4.79 Å². The molecule has 0 saturated carbocycles. The normalized spacial score (nSPS) is 12.0. The molecule has 0 radical (unpaired) electrons. The highest BCUT2D eigenvalue weighted by Crippen LogP contribution is 2.21. The molecule has 0 aliphatic carbocycles. The maximum absolute atomic E-state index is 13.7. The summed E-state index contributed by atoms with van der Waals surface area (Å²) in [6.45, 7) is 3.69. The molecular weight excluding hydrogens is 255 g/mol. The minimum atomic E-state index is -0.824. The van der Waals surface area contributed by atoms with Crippen molar-refractivity contribution in [2.75, 3.05) is 5.32 Å². The van der Waals surface area contributed by atoms with Crippen LogP contribution < -0.4 is 11.1 Å². The molecule has 3 nitrogen and oxygen atoms in total. The van der Waals surface area contributed by atoms with Gasteiger partial charge >= 0.3 is 0 Å². The fraction of sp³-hybridized carbons (Fsp3) is 0.188. The van der Waals surface area contributed by atoms with E-state index < -0.39 is 17.8 Å². The molecule has 20 heavy (non-hydrogen) atoms. The van der Waals surface area contributed by atoms with E-state index in [2.05, 4.69) is 5.32 Å². The van der Waals surface area contributed by atoms with Crippen LogP contribution in [0.4, 0.5) is 10.1 Å². The molecule has 2 aromatic carbocycles. The summed E-state index contributed by atoms with van der Waals surface area (Å²) < 4.78 is 13.7. The van der Waals surface area contributed by atoms with Gasteiger partial charge < -0.3 is 11.1 Å². The second-order valence-electron chi connectivity index (χ2n) is 4.81. The van der Waals surface area contributed by atoms with Gasteiger partial charge in [0.1, 0.15) is 11.9 Å². The number of anilines is 1. The highest BCUT2D eigenvalue weighted by Gasteiger charge is 2.18. The quantitative estimate of drug-likeness (QED) is 0.902. The standard InChI is InChI=1S/C16H17FN2O/c1-10-6-8-12(9-7-10)14(18)16(20)19-15-11(2)4-3-5-13(15)17/h3-9,14H,18H2,1-2H3,(H,19,20). The third-order valence-electron chi connectivity index (χ3n) is 3.19. The minimum absolute atomic E-state index is 0.181. The maximum atomic E-state index is 13.7. The molecule has 2 aromatic rings. The lowest BCUT2D eigenvalue weighted by molar-refractivity contribution is -0.117. The number of amides is 1. The van der Waals surface area contributed by atoms with E-state index in [0.717, 1.165) is 5.56 Å². The van der Waals surface area contributed by atoms with Crippen molar-refractivity contribution in [1.82, 2.24) is 0 Å². The van der Waals surface area contributed by atoms with E-state index in [-0.39, 0.29) is 5.69 Å². The first-order chi connectivity index (χ1) is 9.49. The van der Waals surface area contributed by atoms with E-state index in [4.69, 9.17) is 5.73 Å². The zero-order valence-corrected chi connectivity index (χ0v) is 11.5. The second kappa shape index (κ2) is 5.84. The first-order valence-corrected chi connectivity index (χ1v) is 6.37. The molecule has 0 bridgehead atoms. The third-order valence-corrected chi connectivity index (χ3v) is 3.19. The SMILES string of the molecule is Cc1ccc(C(N)C(=O)Nc2c(C)cccc2F)cc1. The summed E-state index contributed by atoms with van der Waals surface area (Å²) >= 11 is 0.